The number of hydrogen-bond donors (Lipinski definition) is 3. The zero-order valence-electron chi connectivity index (χ0n) is 11.7. The summed E-state index contributed by atoms with van der Waals surface area (Å²) in [7, 11) is 0. The third kappa shape index (κ3) is 2.94. The van der Waals surface area contributed by atoms with Gasteiger partial charge in [-0.05, 0) is 49.2 Å². The van der Waals surface area contributed by atoms with Crippen LogP contribution in [0.15, 0.2) is 29.3 Å². The second-order valence-corrected chi connectivity index (χ2v) is 5.35. The number of halogens is 3. The van der Waals surface area contributed by atoms with E-state index in [2.05, 4.69) is 15.6 Å². The molecular weight excluding hydrogens is 295 g/mol. The van der Waals surface area contributed by atoms with Crippen LogP contribution in [0.5, 0.6) is 5.75 Å². The fourth-order valence-electron chi connectivity index (χ4n) is 2.70. The largest absolute Gasteiger partial charge is 0.507 e. The van der Waals surface area contributed by atoms with Crippen molar-refractivity contribution in [2.45, 2.75) is 25.1 Å². The molecule has 0 aliphatic carbocycles. The van der Waals surface area contributed by atoms with Crippen molar-refractivity contribution in [1.29, 1.82) is 0 Å². The number of amidine groups is 1. The van der Waals surface area contributed by atoms with E-state index in [0.29, 0.717) is 17.8 Å². The fourth-order valence-corrected chi connectivity index (χ4v) is 2.70. The van der Waals surface area contributed by atoms with Gasteiger partial charge in [-0.3, -0.25) is 4.99 Å². The first-order valence-corrected chi connectivity index (χ1v) is 7.10. The van der Waals surface area contributed by atoms with Gasteiger partial charge in [0.15, 0.2) is 0 Å². The molecule has 1 fully saturated rings. The van der Waals surface area contributed by atoms with Gasteiger partial charge in [0, 0.05) is 5.70 Å². The first kappa shape index (κ1) is 14.9. The first-order chi connectivity index (χ1) is 10.4. The smallest absolute Gasteiger partial charge is 0.419 e. The Morgan fingerprint density at radius 2 is 2.09 bits per heavy atom. The quantitative estimate of drug-likeness (QED) is 0.786. The first-order valence-electron chi connectivity index (χ1n) is 7.10. The van der Waals surface area contributed by atoms with Gasteiger partial charge < -0.3 is 15.7 Å². The minimum atomic E-state index is -4.58. The Morgan fingerprint density at radius 3 is 2.77 bits per heavy atom. The molecule has 3 rings (SSSR count). The highest BCUT2D eigenvalue weighted by Crippen LogP contribution is 2.37. The van der Waals surface area contributed by atoms with Crippen molar-refractivity contribution in [2.24, 2.45) is 4.99 Å². The van der Waals surface area contributed by atoms with E-state index in [0.717, 1.165) is 37.4 Å². The molecule has 2 aliphatic heterocycles. The summed E-state index contributed by atoms with van der Waals surface area (Å²) in [6.07, 6.45) is -0.825. The fraction of sp³-hybridized carbons (Fsp3) is 0.400. The van der Waals surface area contributed by atoms with E-state index < -0.39 is 17.5 Å². The van der Waals surface area contributed by atoms with E-state index in [9.17, 15) is 18.3 Å². The number of aromatic hydroxyl groups is 1. The van der Waals surface area contributed by atoms with Crippen LogP contribution in [-0.4, -0.2) is 30.1 Å². The average molecular weight is 311 g/mol. The Kier molecular flexibility index (Phi) is 3.82. The van der Waals surface area contributed by atoms with Gasteiger partial charge in [0.25, 0.3) is 0 Å². The van der Waals surface area contributed by atoms with E-state index >= 15 is 0 Å². The molecule has 1 unspecified atom stereocenters. The maximum Gasteiger partial charge on any atom is 0.419 e. The predicted molar refractivity (Wildman–Crippen MR) is 77.5 cm³/mol. The molecule has 1 saturated heterocycles. The van der Waals surface area contributed by atoms with Gasteiger partial charge in [0.2, 0.25) is 0 Å². The maximum absolute atomic E-state index is 12.9. The van der Waals surface area contributed by atoms with Crippen molar-refractivity contribution >= 4 is 11.5 Å². The van der Waals surface area contributed by atoms with Gasteiger partial charge in [0.1, 0.15) is 11.6 Å². The van der Waals surface area contributed by atoms with Crippen LogP contribution in [-0.2, 0) is 6.18 Å². The second kappa shape index (κ2) is 5.64. The Bertz CT molecular complexity index is 631. The normalized spacial score (nSPS) is 22.0. The molecule has 0 amide bonds. The Balaban J connectivity index is 1.84. The third-order valence-electron chi connectivity index (χ3n) is 3.82. The minimum Gasteiger partial charge on any atom is -0.507 e. The number of rotatable bonds is 2. The van der Waals surface area contributed by atoms with Gasteiger partial charge in [0.05, 0.1) is 18.2 Å². The van der Waals surface area contributed by atoms with Crippen LogP contribution < -0.4 is 10.6 Å². The van der Waals surface area contributed by atoms with Crippen molar-refractivity contribution < 1.29 is 18.3 Å². The summed E-state index contributed by atoms with van der Waals surface area (Å²) >= 11 is 0. The lowest BCUT2D eigenvalue weighted by Crippen LogP contribution is -2.41. The van der Waals surface area contributed by atoms with E-state index in [4.69, 9.17) is 0 Å². The number of phenols is 1. The lowest BCUT2D eigenvalue weighted by atomic mass is 10.0. The zero-order valence-corrected chi connectivity index (χ0v) is 11.7. The number of phenolic OH excluding ortho intramolecular Hbond substituents is 1. The van der Waals surface area contributed by atoms with Crippen molar-refractivity contribution in [1.82, 2.24) is 10.6 Å². The van der Waals surface area contributed by atoms with Crippen LogP contribution in [0.1, 0.15) is 24.0 Å². The predicted octanol–water partition coefficient (Wildman–Crippen LogP) is 2.51. The van der Waals surface area contributed by atoms with E-state index in [-0.39, 0.29) is 6.04 Å². The van der Waals surface area contributed by atoms with E-state index in [1.807, 2.05) is 0 Å². The molecule has 1 atom stereocenters. The highest BCUT2D eigenvalue weighted by molar-refractivity contribution is 5.96. The van der Waals surface area contributed by atoms with Crippen LogP contribution in [0, 0.1) is 0 Å². The van der Waals surface area contributed by atoms with Gasteiger partial charge >= 0.3 is 6.18 Å². The van der Waals surface area contributed by atoms with Crippen molar-refractivity contribution in [3.8, 4) is 5.75 Å². The van der Waals surface area contributed by atoms with Crippen LogP contribution in [0.4, 0.5) is 13.2 Å². The maximum atomic E-state index is 12.9. The van der Waals surface area contributed by atoms with Crippen LogP contribution in [0.25, 0.3) is 5.70 Å². The summed E-state index contributed by atoms with van der Waals surface area (Å²) in [5.74, 6) is -0.00403. The van der Waals surface area contributed by atoms with Crippen molar-refractivity contribution in [3.63, 3.8) is 0 Å². The zero-order chi connectivity index (χ0) is 15.7. The highest BCUT2D eigenvalue weighted by atomic mass is 19.4. The topological polar surface area (TPSA) is 56.7 Å². The van der Waals surface area contributed by atoms with Crippen LogP contribution in [0.3, 0.4) is 0 Å². The van der Waals surface area contributed by atoms with Crippen LogP contribution in [0.2, 0.25) is 0 Å². The molecule has 1 aromatic rings. The standard InChI is InChI=1S/C15H16F3N3O/c16-15(17,18)10-8-9(3-4-13(10)22)11-5-7-20-14(21-11)12-2-1-6-19-12/h3-5,8,12,19,22H,1-2,6-7H2,(H,20,21). The molecular formula is C15H16F3N3O. The summed E-state index contributed by atoms with van der Waals surface area (Å²) in [5.41, 5.74) is -0.0597. The summed E-state index contributed by atoms with van der Waals surface area (Å²) in [6.45, 7) is 1.35. The molecule has 0 bridgehead atoms. The molecule has 2 heterocycles. The molecule has 7 heteroatoms. The molecule has 0 radical (unpaired) electrons. The molecule has 22 heavy (non-hydrogen) atoms. The number of alkyl halides is 3. The molecule has 1 aromatic carbocycles. The Labute approximate surface area is 125 Å². The highest BCUT2D eigenvalue weighted by Gasteiger charge is 2.34. The second-order valence-electron chi connectivity index (χ2n) is 5.35. The van der Waals surface area contributed by atoms with Gasteiger partial charge in [-0.15, -0.1) is 0 Å². The lowest BCUT2D eigenvalue weighted by Gasteiger charge is -2.22. The van der Waals surface area contributed by atoms with Gasteiger partial charge in [-0.1, -0.05) is 0 Å². The molecule has 4 nitrogen and oxygen atoms in total. The molecule has 3 N–H and O–H groups in total. The van der Waals surface area contributed by atoms with Gasteiger partial charge in [-0.25, -0.2) is 0 Å². The monoisotopic (exact) mass is 311 g/mol. The molecule has 0 spiro atoms. The van der Waals surface area contributed by atoms with E-state index in [1.54, 1.807) is 6.08 Å². The Hall–Kier alpha value is -2.02. The Morgan fingerprint density at radius 1 is 1.27 bits per heavy atom. The number of benzene rings is 1. The summed E-state index contributed by atoms with van der Waals surface area (Å²) < 4.78 is 38.7. The lowest BCUT2D eigenvalue weighted by molar-refractivity contribution is -0.138. The number of aliphatic imine (C=N–C) groups is 1. The number of nitrogens with zero attached hydrogens (tertiary/aromatic N) is 1. The molecule has 118 valence electrons. The SMILES string of the molecule is Oc1ccc(C2=CCN=C(C3CCCN3)N2)cc1C(F)(F)F. The van der Waals surface area contributed by atoms with Crippen molar-refractivity contribution in [3.05, 3.63) is 35.4 Å². The van der Waals surface area contributed by atoms with Crippen molar-refractivity contribution in [2.75, 3.05) is 13.1 Å². The average Bonchev–Trinajstić information content (AvgIpc) is 3.01. The minimum absolute atomic E-state index is 0.128. The van der Waals surface area contributed by atoms with Gasteiger partial charge in [-0.2, -0.15) is 13.2 Å². The third-order valence-corrected chi connectivity index (χ3v) is 3.82. The van der Waals surface area contributed by atoms with E-state index in [1.165, 1.54) is 6.07 Å². The molecule has 0 saturated carbocycles. The number of hydrogen-bond acceptors (Lipinski definition) is 4. The molecule has 0 aromatic heterocycles. The summed E-state index contributed by atoms with van der Waals surface area (Å²) in [6, 6.07) is 3.62. The van der Waals surface area contributed by atoms with Crippen LogP contribution >= 0.6 is 0 Å². The summed E-state index contributed by atoms with van der Waals surface area (Å²) in [5, 5.41) is 15.8. The summed E-state index contributed by atoms with van der Waals surface area (Å²) in [4.78, 5) is 4.37. The number of nitrogens with one attached hydrogen (secondary N) is 2. The molecule has 2 aliphatic rings.